The number of nitrogens with one attached hydrogen (secondary N) is 2. The molecule has 0 bridgehead atoms. The molecular weight excluding hydrogens is 236 g/mol. The summed E-state index contributed by atoms with van der Waals surface area (Å²) < 4.78 is 21.2. The molecule has 17 heavy (non-hydrogen) atoms. The summed E-state index contributed by atoms with van der Waals surface area (Å²) in [5, 5.41) is 3.36. The molecule has 2 saturated heterocycles. The molecule has 0 amide bonds. The number of piperidine rings is 1. The average Bonchev–Trinajstić information content (AvgIpc) is 2.61. The Balaban J connectivity index is 2.02. The smallest absolute Gasteiger partial charge is 0.0973 e. The second kappa shape index (κ2) is 4.96. The number of ether oxygens (including phenoxy) is 1. The molecule has 1 spiro atoms. The highest BCUT2D eigenvalue weighted by atomic mass is 32.2. The molecule has 5 heteroatoms. The predicted octanol–water partition coefficient (Wildman–Crippen LogP) is 0.949. The van der Waals surface area contributed by atoms with Gasteiger partial charge >= 0.3 is 0 Å². The van der Waals surface area contributed by atoms with Crippen LogP contribution in [0.15, 0.2) is 0 Å². The molecule has 2 N–H and O–H groups in total. The Morgan fingerprint density at radius 2 is 2.00 bits per heavy atom. The Kier molecular flexibility index (Phi) is 3.92. The van der Waals surface area contributed by atoms with Gasteiger partial charge in [-0.1, -0.05) is 0 Å². The zero-order valence-electron chi connectivity index (χ0n) is 11.0. The summed E-state index contributed by atoms with van der Waals surface area (Å²) in [6.45, 7) is 8.79. The molecule has 0 aromatic rings. The fourth-order valence-corrected chi connectivity index (χ4v) is 3.50. The highest BCUT2D eigenvalue weighted by Gasteiger charge is 2.46. The van der Waals surface area contributed by atoms with Crippen LogP contribution in [0.1, 0.15) is 40.0 Å². The summed E-state index contributed by atoms with van der Waals surface area (Å²) in [6, 6.07) is 0.240. The van der Waals surface area contributed by atoms with Crippen molar-refractivity contribution < 1.29 is 8.95 Å². The SMILES string of the molecule is CC(C)(C)[S@@](=O)N[C@@H]1CCOC12CCNCC2. The van der Waals surface area contributed by atoms with E-state index in [0.717, 1.165) is 39.0 Å². The van der Waals surface area contributed by atoms with E-state index in [0.29, 0.717) is 0 Å². The maximum absolute atomic E-state index is 12.2. The molecule has 0 aromatic heterocycles. The molecule has 0 aliphatic carbocycles. The van der Waals surface area contributed by atoms with Gasteiger partial charge in [0.05, 0.1) is 27.4 Å². The monoisotopic (exact) mass is 260 g/mol. The molecular formula is C12H24N2O2S. The van der Waals surface area contributed by atoms with Crippen LogP contribution in [-0.4, -0.2) is 40.3 Å². The second-order valence-electron chi connectivity index (χ2n) is 6.00. The first-order valence-corrected chi connectivity index (χ1v) is 7.62. The Morgan fingerprint density at radius 3 is 2.59 bits per heavy atom. The van der Waals surface area contributed by atoms with Gasteiger partial charge in [0.1, 0.15) is 0 Å². The van der Waals surface area contributed by atoms with Gasteiger partial charge in [-0.25, -0.2) is 8.93 Å². The molecule has 2 rings (SSSR count). The highest BCUT2D eigenvalue weighted by molar-refractivity contribution is 7.84. The standard InChI is InChI=1S/C12H24N2O2S/c1-11(2,3)17(15)14-10-4-9-16-12(10)5-7-13-8-6-12/h10,13-14H,4-9H2,1-3H3/t10-,17-/m1/s1. The topological polar surface area (TPSA) is 50.4 Å². The van der Waals surface area contributed by atoms with Crippen LogP contribution in [0.25, 0.3) is 0 Å². The predicted molar refractivity (Wildman–Crippen MR) is 70.2 cm³/mol. The van der Waals surface area contributed by atoms with Crippen molar-refractivity contribution in [1.82, 2.24) is 10.0 Å². The maximum atomic E-state index is 12.2. The van der Waals surface area contributed by atoms with E-state index in [4.69, 9.17) is 4.74 Å². The lowest BCUT2D eigenvalue weighted by Crippen LogP contribution is -2.55. The van der Waals surface area contributed by atoms with Crippen molar-refractivity contribution in [2.45, 2.75) is 56.4 Å². The normalized spacial score (nSPS) is 30.6. The van der Waals surface area contributed by atoms with Crippen molar-refractivity contribution in [3.8, 4) is 0 Å². The van der Waals surface area contributed by atoms with Gasteiger partial charge in [-0.15, -0.1) is 0 Å². The van der Waals surface area contributed by atoms with Crippen molar-refractivity contribution in [1.29, 1.82) is 0 Å². The van der Waals surface area contributed by atoms with Crippen LogP contribution in [0.2, 0.25) is 0 Å². The molecule has 0 radical (unpaired) electrons. The zero-order valence-corrected chi connectivity index (χ0v) is 11.9. The third-order valence-electron chi connectivity index (χ3n) is 3.69. The first kappa shape index (κ1) is 13.5. The Morgan fingerprint density at radius 1 is 1.35 bits per heavy atom. The second-order valence-corrected chi connectivity index (χ2v) is 8.00. The summed E-state index contributed by atoms with van der Waals surface area (Å²) in [7, 11) is -1.01. The lowest BCUT2D eigenvalue weighted by atomic mass is 9.86. The first-order valence-electron chi connectivity index (χ1n) is 6.47. The van der Waals surface area contributed by atoms with Crippen molar-refractivity contribution in [2.75, 3.05) is 19.7 Å². The van der Waals surface area contributed by atoms with Crippen LogP contribution >= 0.6 is 0 Å². The quantitative estimate of drug-likeness (QED) is 0.777. The van der Waals surface area contributed by atoms with E-state index in [-0.39, 0.29) is 16.4 Å². The summed E-state index contributed by atoms with van der Waals surface area (Å²) in [4.78, 5) is 0. The van der Waals surface area contributed by atoms with Crippen LogP contribution < -0.4 is 10.0 Å². The Hall–Kier alpha value is 0.0300. The average molecular weight is 260 g/mol. The molecule has 2 aliphatic rings. The van der Waals surface area contributed by atoms with Gasteiger partial charge in [0.2, 0.25) is 0 Å². The molecule has 0 unspecified atom stereocenters. The van der Waals surface area contributed by atoms with Crippen LogP contribution in [0, 0.1) is 0 Å². The molecule has 2 aliphatic heterocycles. The zero-order chi connectivity index (χ0) is 12.5. The molecule has 4 nitrogen and oxygen atoms in total. The van der Waals surface area contributed by atoms with Gasteiger partial charge in [-0.3, -0.25) is 0 Å². The van der Waals surface area contributed by atoms with Crippen LogP contribution in [-0.2, 0) is 15.7 Å². The van der Waals surface area contributed by atoms with E-state index in [2.05, 4.69) is 10.0 Å². The minimum atomic E-state index is -1.01. The third kappa shape index (κ3) is 2.89. The summed E-state index contributed by atoms with van der Waals surface area (Å²) in [5.41, 5.74) is -0.0772. The van der Waals surface area contributed by atoms with E-state index in [9.17, 15) is 4.21 Å². The van der Waals surface area contributed by atoms with Crippen LogP contribution in [0.4, 0.5) is 0 Å². The maximum Gasteiger partial charge on any atom is 0.0973 e. The first-order chi connectivity index (χ1) is 7.94. The molecule has 2 heterocycles. The fourth-order valence-electron chi connectivity index (χ4n) is 2.56. The van der Waals surface area contributed by atoms with E-state index in [1.54, 1.807) is 0 Å². The fraction of sp³-hybridized carbons (Fsp3) is 1.00. The summed E-state index contributed by atoms with van der Waals surface area (Å²) >= 11 is 0. The summed E-state index contributed by atoms with van der Waals surface area (Å²) in [5.74, 6) is 0. The van der Waals surface area contributed by atoms with E-state index in [1.165, 1.54) is 0 Å². The lowest BCUT2D eigenvalue weighted by molar-refractivity contribution is -0.0298. The van der Waals surface area contributed by atoms with Crippen molar-refractivity contribution >= 4 is 11.0 Å². The van der Waals surface area contributed by atoms with E-state index < -0.39 is 11.0 Å². The van der Waals surface area contributed by atoms with Gasteiger partial charge < -0.3 is 10.1 Å². The molecule has 0 saturated carbocycles. The Bertz CT molecular complexity index is 295. The van der Waals surface area contributed by atoms with Gasteiger partial charge in [0.15, 0.2) is 0 Å². The van der Waals surface area contributed by atoms with Gasteiger partial charge in [0.25, 0.3) is 0 Å². The van der Waals surface area contributed by atoms with E-state index >= 15 is 0 Å². The number of hydrogen-bond donors (Lipinski definition) is 2. The Labute approximate surface area is 106 Å². The minimum Gasteiger partial charge on any atom is -0.373 e. The highest BCUT2D eigenvalue weighted by Crippen LogP contribution is 2.34. The molecule has 2 fully saturated rings. The van der Waals surface area contributed by atoms with E-state index in [1.807, 2.05) is 20.8 Å². The summed E-state index contributed by atoms with van der Waals surface area (Å²) in [6.07, 6.45) is 3.01. The van der Waals surface area contributed by atoms with Crippen LogP contribution in [0.5, 0.6) is 0 Å². The molecule has 100 valence electrons. The van der Waals surface area contributed by atoms with Crippen molar-refractivity contribution in [3.05, 3.63) is 0 Å². The van der Waals surface area contributed by atoms with Gasteiger partial charge in [-0.05, 0) is 53.1 Å². The largest absolute Gasteiger partial charge is 0.373 e. The van der Waals surface area contributed by atoms with Crippen molar-refractivity contribution in [2.24, 2.45) is 0 Å². The lowest BCUT2D eigenvalue weighted by Gasteiger charge is -2.39. The van der Waals surface area contributed by atoms with Gasteiger partial charge in [0, 0.05) is 6.61 Å². The van der Waals surface area contributed by atoms with Crippen molar-refractivity contribution in [3.63, 3.8) is 0 Å². The molecule has 0 aromatic carbocycles. The number of hydrogen-bond acceptors (Lipinski definition) is 3. The number of rotatable bonds is 2. The van der Waals surface area contributed by atoms with Crippen LogP contribution in [0.3, 0.4) is 0 Å². The minimum absolute atomic E-state index is 0.0772. The molecule has 2 atom stereocenters. The third-order valence-corrected chi connectivity index (χ3v) is 5.30. The van der Waals surface area contributed by atoms with Gasteiger partial charge in [-0.2, -0.15) is 0 Å².